The highest BCUT2D eigenvalue weighted by Gasteiger charge is 2.30. The Labute approximate surface area is 241 Å². The van der Waals surface area contributed by atoms with E-state index in [2.05, 4.69) is 36.0 Å². The summed E-state index contributed by atoms with van der Waals surface area (Å²) in [5.74, 6) is -0.472. The number of hydrogen-bond acceptors (Lipinski definition) is 9. The quantitative estimate of drug-likeness (QED) is 0.295. The van der Waals surface area contributed by atoms with Gasteiger partial charge in [0.15, 0.2) is 11.5 Å². The lowest BCUT2D eigenvalue weighted by Crippen LogP contribution is -2.49. The van der Waals surface area contributed by atoms with E-state index in [1.165, 1.54) is 6.07 Å². The van der Waals surface area contributed by atoms with E-state index < -0.39 is 17.1 Å². The molecule has 5 rings (SSSR count). The number of benzene rings is 1. The second kappa shape index (κ2) is 11.6. The molecule has 0 spiro atoms. The molecule has 3 aromatic heterocycles. The minimum absolute atomic E-state index is 0.0523. The third-order valence-electron chi connectivity index (χ3n) is 7.31. The lowest BCUT2D eigenvalue weighted by atomic mass is 9.97. The summed E-state index contributed by atoms with van der Waals surface area (Å²) in [5, 5.41) is 26.8. The number of fused-ring (bicyclic) bond motifs is 1. The van der Waals surface area contributed by atoms with Gasteiger partial charge in [-0.05, 0) is 43.0 Å². The SMILES string of the molecule is C[C@H]1CC[C@@H](Nc2n[nH]c3nccc(-c4ccc(CNC(=O)c5noc(C(C)(C)C)n5)c(F)c4)c23)CN1C(=O)CC#N. The Bertz CT molecular complexity index is 1670. The van der Waals surface area contributed by atoms with Gasteiger partial charge < -0.3 is 20.1 Å². The van der Waals surface area contributed by atoms with E-state index in [4.69, 9.17) is 9.78 Å². The number of hydrogen-bond donors (Lipinski definition) is 3. The van der Waals surface area contributed by atoms with Crippen LogP contribution in [0.5, 0.6) is 0 Å². The number of halogens is 1. The van der Waals surface area contributed by atoms with Crippen molar-refractivity contribution in [3.8, 4) is 17.2 Å². The highest BCUT2D eigenvalue weighted by Crippen LogP contribution is 2.33. The number of pyridine rings is 1. The number of H-pyrrole nitrogens is 1. The summed E-state index contributed by atoms with van der Waals surface area (Å²) < 4.78 is 20.4. The molecular weight excluding hydrogens is 541 g/mol. The summed E-state index contributed by atoms with van der Waals surface area (Å²) in [5.41, 5.74) is 1.75. The van der Waals surface area contributed by atoms with Crippen molar-refractivity contribution in [1.29, 1.82) is 5.26 Å². The standard InChI is InChI=1S/C29H32FN9O3/c1-16-5-8-19(15-39(16)22(40)9-11-31)34-25-23-20(10-12-32-24(23)36-37-25)17-6-7-18(21(30)13-17)14-33-27(41)26-35-28(42-38-26)29(2,3)4/h6-7,10,12-13,16,19H,5,8-9,14-15H2,1-4H3,(H,33,41)(H2,32,34,36,37)/t16-,19+/m0/s1. The third kappa shape index (κ3) is 5.93. The van der Waals surface area contributed by atoms with Crippen molar-refractivity contribution < 1.29 is 18.5 Å². The van der Waals surface area contributed by atoms with E-state index >= 15 is 4.39 Å². The van der Waals surface area contributed by atoms with Crippen LogP contribution in [0, 0.1) is 17.1 Å². The zero-order valence-electron chi connectivity index (χ0n) is 23.9. The minimum Gasteiger partial charge on any atom is -0.364 e. The van der Waals surface area contributed by atoms with Crippen LogP contribution < -0.4 is 10.6 Å². The number of nitriles is 1. The molecule has 0 bridgehead atoms. The number of carbonyl (C=O) groups is 2. The van der Waals surface area contributed by atoms with Gasteiger partial charge in [0.2, 0.25) is 11.8 Å². The summed E-state index contributed by atoms with van der Waals surface area (Å²) in [7, 11) is 0. The molecule has 0 aliphatic carbocycles. The third-order valence-corrected chi connectivity index (χ3v) is 7.31. The molecule has 4 aromatic rings. The molecule has 218 valence electrons. The molecule has 1 aliphatic rings. The molecule has 2 amide bonds. The number of aromatic amines is 1. The van der Waals surface area contributed by atoms with E-state index in [1.807, 2.05) is 33.8 Å². The van der Waals surface area contributed by atoms with Crippen LogP contribution in [0.4, 0.5) is 10.2 Å². The van der Waals surface area contributed by atoms with Crippen LogP contribution in [0.3, 0.4) is 0 Å². The zero-order valence-corrected chi connectivity index (χ0v) is 23.9. The van der Waals surface area contributed by atoms with Crippen molar-refractivity contribution in [2.45, 2.75) is 71.0 Å². The Hall–Kier alpha value is -4.86. The summed E-state index contributed by atoms with van der Waals surface area (Å²) in [6.45, 7) is 8.04. The Morgan fingerprint density at radius 2 is 2.07 bits per heavy atom. The number of rotatable bonds is 7. The molecule has 1 saturated heterocycles. The van der Waals surface area contributed by atoms with Crippen LogP contribution in [0.1, 0.15) is 69.0 Å². The molecule has 2 atom stereocenters. The van der Waals surface area contributed by atoms with Crippen LogP contribution in [0.25, 0.3) is 22.2 Å². The van der Waals surface area contributed by atoms with Crippen LogP contribution >= 0.6 is 0 Å². The molecule has 13 heteroatoms. The molecular formula is C29H32FN9O3. The zero-order chi connectivity index (χ0) is 30.0. The summed E-state index contributed by atoms with van der Waals surface area (Å²) in [6.07, 6.45) is 3.07. The van der Waals surface area contributed by atoms with Gasteiger partial charge in [-0.25, -0.2) is 9.37 Å². The number of carbonyl (C=O) groups excluding carboxylic acids is 2. The predicted molar refractivity (Wildman–Crippen MR) is 152 cm³/mol. The monoisotopic (exact) mass is 573 g/mol. The van der Waals surface area contributed by atoms with Crippen molar-refractivity contribution in [2.24, 2.45) is 0 Å². The molecule has 0 radical (unpaired) electrons. The van der Waals surface area contributed by atoms with Crippen molar-refractivity contribution in [3.05, 3.63) is 53.6 Å². The number of amides is 2. The van der Waals surface area contributed by atoms with Gasteiger partial charge in [-0.15, -0.1) is 0 Å². The van der Waals surface area contributed by atoms with Crippen molar-refractivity contribution in [3.63, 3.8) is 0 Å². The molecule has 1 aromatic carbocycles. The molecule has 0 unspecified atom stereocenters. The highest BCUT2D eigenvalue weighted by molar-refractivity contribution is 6.00. The fourth-order valence-electron chi connectivity index (χ4n) is 4.96. The van der Waals surface area contributed by atoms with Crippen LogP contribution in [-0.2, 0) is 16.8 Å². The number of aromatic nitrogens is 5. The first-order valence-electron chi connectivity index (χ1n) is 13.7. The largest absolute Gasteiger partial charge is 0.364 e. The normalized spacial score (nSPS) is 17.2. The maximum absolute atomic E-state index is 15.3. The van der Waals surface area contributed by atoms with Gasteiger partial charge in [0, 0.05) is 42.3 Å². The maximum Gasteiger partial charge on any atom is 0.292 e. The Morgan fingerprint density at radius 1 is 1.26 bits per heavy atom. The van der Waals surface area contributed by atoms with Gasteiger partial charge in [-0.3, -0.25) is 14.7 Å². The van der Waals surface area contributed by atoms with Crippen molar-refractivity contribution in [2.75, 3.05) is 11.9 Å². The Balaban J connectivity index is 1.32. The number of nitrogens with zero attached hydrogens (tertiary/aromatic N) is 6. The maximum atomic E-state index is 15.3. The van der Waals surface area contributed by atoms with Crippen LogP contribution in [0.2, 0.25) is 0 Å². The summed E-state index contributed by atoms with van der Waals surface area (Å²) >= 11 is 0. The van der Waals surface area contributed by atoms with E-state index in [0.29, 0.717) is 46.0 Å². The van der Waals surface area contributed by atoms with Gasteiger partial charge in [0.1, 0.15) is 12.2 Å². The summed E-state index contributed by atoms with van der Waals surface area (Å²) in [6, 6.07) is 8.48. The minimum atomic E-state index is -0.562. The molecule has 42 heavy (non-hydrogen) atoms. The topological polar surface area (TPSA) is 166 Å². The molecule has 1 fully saturated rings. The lowest BCUT2D eigenvalue weighted by molar-refractivity contribution is -0.133. The van der Waals surface area contributed by atoms with Gasteiger partial charge in [0.25, 0.3) is 11.7 Å². The van der Waals surface area contributed by atoms with Gasteiger partial charge >= 0.3 is 0 Å². The number of nitrogens with one attached hydrogen (secondary N) is 3. The van der Waals surface area contributed by atoms with E-state index in [-0.39, 0.29) is 36.8 Å². The van der Waals surface area contributed by atoms with Crippen molar-refractivity contribution >= 4 is 28.7 Å². The van der Waals surface area contributed by atoms with Crippen LogP contribution in [0.15, 0.2) is 35.0 Å². The van der Waals surface area contributed by atoms with Gasteiger partial charge in [-0.1, -0.05) is 38.1 Å². The molecule has 4 heterocycles. The first-order valence-corrected chi connectivity index (χ1v) is 13.7. The second-order valence-electron chi connectivity index (χ2n) is 11.5. The predicted octanol–water partition coefficient (Wildman–Crippen LogP) is 4.08. The van der Waals surface area contributed by atoms with E-state index in [1.54, 1.807) is 29.3 Å². The van der Waals surface area contributed by atoms with Gasteiger partial charge in [0.05, 0.1) is 11.5 Å². The Morgan fingerprint density at radius 3 is 2.79 bits per heavy atom. The first-order chi connectivity index (χ1) is 20.0. The van der Waals surface area contributed by atoms with Gasteiger partial charge in [-0.2, -0.15) is 15.3 Å². The average molecular weight is 574 g/mol. The highest BCUT2D eigenvalue weighted by atomic mass is 19.1. The molecule has 3 N–H and O–H groups in total. The lowest BCUT2D eigenvalue weighted by Gasteiger charge is -2.38. The smallest absolute Gasteiger partial charge is 0.292 e. The Kier molecular flexibility index (Phi) is 7.89. The summed E-state index contributed by atoms with van der Waals surface area (Å²) in [4.78, 5) is 35.2. The molecule has 0 saturated carbocycles. The number of piperidine rings is 1. The fraction of sp³-hybridized carbons (Fsp3) is 0.414. The molecule has 1 aliphatic heterocycles. The first kappa shape index (κ1) is 28.7. The number of likely N-dealkylation sites (tertiary alicyclic amines) is 1. The average Bonchev–Trinajstić information content (AvgIpc) is 3.62. The van der Waals surface area contributed by atoms with Crippen LogP contribution in [-0.4, -0.2) is 60.7 Å². The molecule has 12 nitrogen and oxygen atoms in total. The van der Waals surface area contributed by atoms with Crippen molar-refractivity contribution in [1.82, 2.24) is 35.5 Å². The second-order valence-corrected chi connectivity index (χ2v) is 11.5. The number of anilines is 1. The van der Waals surface area contributed by atoms with E-state index in [0.717, 1.165) is 12.8 Å². The fourth-order valence-corrected chi connectivity index (χ4v) is 4.96. The van der Waals surface area contributed by atoms with E-state index in [9.17, 15) is 9.59 Å².